The van der Waals surface area contributed by atoms with E-state index in [9.17, 15) is 14.7 Å². The third-order valence-electron chi connectivity index (χ3n) is 2.52. The van der Waals surface area contributed by atoms with Crippen molar-refractivity contribution in [3.05, 3.63) is 35.9 Å². The number of nitrogens with one attached hydrogen (secondary N) is 1. The van der Waals surface area contributed by atoms with Gasteiger partial charge < -0.3 is 14.6 Å². The van der Waals surface area contributed by atoms with E-state index in [1.165, 1.54) is 6.92 Å². The molecule has 1 rings (SSSR count). The Hall–Kier alpha value is -2.08. The molecule has 1 aromatic rings. The van der Waals surface area contributed by atoms with Crippen LogP contribution in [-0.2, 0) is 20.9 Å². The van der Waals surface area contributed by atoms with Crippen LogP contribution in [0.1, 0.15) is 33.3 Å². The standard InChI is InChI=1S/C15H21NO5/c1-14(2,3)21-13(19)16-15(4,12(17)18)20-10-11-8-6-5-7-9-11/h5-9H,10H2,1-4H3,(H,16,19)(H,17,18). The van der Waals surface area contributed by atoms with Crippen LogP contribution < -0.4 is 5.32 Å². The van der Waals surface area contributed by atoms with Crippen LogP contribution in [0.5, 0.6) is 0 Å². The number of ether oxygens (including phenoxy) is 2. The van der Waals surface area contributed by atoms with Gasteiger partial charge in [0.05, 0.1) is 6.61 Å². The van der Waals surface area contributed by atoms with Gasteiger partial charge in [0.15, 0.2) is 0 Å². The normalized spacial score (nSPS) is 14.1. The fourth-order valence-electron chi connectivity index (χ4n) is 1.45. The van der Waals surface area contributed by atoms with E-state index in [2.05, 4.69) is 5.32 Å². The van der Waals surface area contributed by atoms with Gasteiger partial charge in [-0.25, -0.2) is 9.59 Å². The Kier molecular flexibility index (Phi) is 5.32. The number of carbonyl (C=O) groups is 2. The minimum atomic E-state index is -1.86. The Balaban J connectivity index is 2.70. The fraction of sp³-hybridized carbons (Fsp3) is 0.467. The van der Waals surface area contributed by atoms with Crippen LogP contribution >= 0.6 is 0 Å². The van der Waals surface area contributed by atoms with Gasteiger partial charge in [-0.1, -0.05) is 30.3 Å². The van der Waals surface area contributed by atoms with Crippen molar-refractivity contribution in [1.29, 1.82) is 0 Å². The summed E-state index contributed by atoms with van der Waals surface area (Å²) in [5, 5.41) is 11.5. The number of aliphatic carboxylic acids is 1. The summed E-state index contributed by atoms with van der Waals surface area (Å²) in [6.07, 6.45) is -0.847. The van der Waals surface area contributed by atoms with Gasteiger partial charge in [0.2, 0.25) is 5.72 Å². The third-order valence-corrected chi connectivity index (χ3v) is 2.52. The Bertz CT molecular complexity index is 495. The van der Waals surface area contributed by atoms with Crippen molar-refractivity contribution in [2.24, 2.45) is 0 Å². The zero-order valence-electron chi connectivity index (χ0n) is 12.7. The molecule has 6 nitrogen and oxygen atoms in total. The molecule has 0 fully saturated rings. The van der Waals surface area contributed by atoms with Crippen LogP contribution in [0.15, 0.2) is 30.3 Å². The molecule has 0 aromatic heterocycles. The second kappa shape index (κ2) is 6.58. The van der Waals surface area contributed by atoms with E-state index < -0.39 is 23.4 Å². The number of alkyl carbamates (subject to hydrolysis) is 1. The molecular formula is C15H21NO5. The Labute approximate surface area is 124 Å². The second-order valence-electron chi connectivity index (χ2n) is 5.74. The number of hydrogen-bond acceptors (Lipinski definition) is 4. The van der Waals surface area contributed by atoms with Gasteiger partial charge in [-0.2, -0.15) is 0 Å². The van der Waals surface area contributed by atoms with E-state index in [1.807, 2.05) is 18.2 Å². The molecule has 0 radical (unpaired) electrons. The quantitative estimate of drug-likeness (QED) is 0.815. The molecule has 0 saturated heterocycles. The van der Waals surface area contributed by atoms with Crippen molar-refractivity contribution < 1.29 is 24.2 Å². The maximum atomic E-state index is 11.7. The van der Waals surface area contributed by atoms with Gasteiger partial charge in [0.1, 0.15) is 5.60 Å². The second-order valence-corrected chi connectivity index (χ2v) is 5.74. The fourth-order valence-corrected chi connectivity index (χ4v) is 1.45. The molecule has 21 heavy (non-hydrogen) atoms. The van der Waals surface area contributed by atoms with Gasteiger partial charge in [0, 0.05) is 0 Å². The molecular weight excluding hydrogens is 274 g/mol. The molecule has 0 spiro atoms. The van der Waals surface area contributed by atoms with E-state index >= 15 is 0 Å². The highest BCUT2D eigenvalue weighted by atomic mass is 16.6. The highest BCUT2D eigenvalue weighted by Gasteiger charge is 2.37. The molecule has 1 aromatic carbocycles. The Morgan fingerprint density at radius 3 is 2.19 bits per heavy atom. The number of rotatable bonds is 5. The van der Waals surface area contributed by atoms with Crippen LogP contribution in [0.25, 0.3) is 0 Å². The summed E-state index contributed by atoms with van der Waals surface area (Å²) >= 11 is 0. The van der Waals surface area contributed by atoms with Gasteiger partial charge in [-0.15, -0.1) is 0 Å². The monoisotopic (exact) mass is 295 g/mol. The largest absolute Gasteiger partial charge is 0.478 e. The predicted molar refractivity (Wildman–Crippen MR) is 76.6 cm³/mol. The summed E-state index contributed by atoms with van der Waals surface area (Å²) < 4.78 is 10.4. The molecule has 0 aliphatic heterocycles. The van der Waals surface area contributed by atoms with Gasteiger partial charge in [0.25, 0.3) is 0 Å². The zero-order valence-corrected chi connectivity index (χ0v) is 12.7. The average Bonchev–Trinajstić information content (AvgIpc) is 2.35. The molecule has 0 aliphatic rings. The number of carboxylic acids is 1. The number of hydrogen-bond donors (Lipinski definition) is 2. The zero-order chi connectivity index (χ0) is 16.1. The highest BCUT2D eigenvalue weighted by molar-refractivity contribution is 5.82. The minimum Gasteiger partial charge on any atom is -0.478 e. The first kappa shape index (κ1) is 17.0. The molecule has 1 atom stereocenters. The Morgan fingerprint density at radius 1 is 1.14 bits per heavy atom. The van der Waals surface area contributed by atoms with E-state index in [1.54, 1.807) is 32.9 Å². The topological polar surface area (TPSA) is 84.9 Å². The van der Waals surface area contributed by atoms with E-state index in [-0.39, 0.29) is 6.61 Å². The molecule has 0 bridgehead atoms. The summed E-state index contributed by atoms with van der Waals surface area (Å²) in [6, 6.07) is 9.08. The molecule has 116 valence electrons. The third kappa shape index (κ3) is 5.83. The average molecular weight is 295 g/mol. The lowest BCUT2D eigenvalue weighted by atomic mass is 10.2. The first-order chi connectivity index (χ1) is 9.62. The van der Waals surface area contributed by atoms with Gasteiger partial charge in [-0.3, -0.25) is 5.32 Å². The molecule has 0 aliphatic carbocycles. The minimum absolute atomic E-state index is 0.0550. The van der Waals surface area contributed by atoms with Crippen molar-refractivity contribution in [2.45, 2.75) is 45.6 Å². The van der Waals surface area contributed by atoms with Crippen LogP contribution in [0.2, 0.25) is 0 Å². The van der Waals surface area contributed by atoms with Crippen LogP contribution in [0, 0.1) is 0 Å². The lowest BCUT2D eigenvalue weighted by molar-refractivity contribution is -0.169. The lowest BCUT2D eigenvalue weighted by Gasteiger charge is -2.28. The molecule has 1 unspecified atom stereocenters. The van der Waals surface area contributed by atoms with Crippen molar-refractivity contribution in [1.82, 2.24) is 5.32 Å². The van der Waals surface area contributed by atoms with Gasteiger partial charge >= 0.3 is 12.1 Å². The van der Waals surface area contributed by atoms with Crippen LogP contribution in [-0.4, -0.2) is 28.5 Å². The van der Waals surface area contributed by atoms with E-state index in [4.69, 9.17) is 9.47 Å². The molecule has 0 saturated carbocycles. The highest BCUT2D eigenvalue weighted by Crippen LogP contribution is 2.14. The van der Waals surface area contributed by atoms with Crippen LogP contribution in [0.3, 0.4) is 0 Å². The molecule has 2 N–H and O–H groups in total. The van der Waals surface area contributed by atoms with Crippen molar-refractivity contribution in [3.63, 3.8) is 0 Å². The van der Waals surface area contributed by atoms with Gasteiger partial charge in [-0.05, 0) is 33.3 Å². The number of carboxylic acid groups (broad SMARTS) is 1. The first-order valence-electron chi connectivity index (χ1n) is 6.55. The van der Waals surface area contributed by atoms with E-state index in [0.717, 1.165) is 5.56 Å². The smallest absolute Gasteiger partial charge is 0.410 e. The van der Waals surface area contributed by atoms with E-state index in [0.29, 0.717) is 0 Å². The number of carbonyl (C=O) groups excluding carboxylic acids is 1. The predicted octanol–water partition coefficient (Wildman–Crippen LogP) is 2.53. The summed E-state index contributed by atoms with van der Waals surface area (Å²) in [5.41, 5.74) is -1.78. The molecule has 0 heterocycles. The van der Waals surface area contributed by atoms with Crippen molar-refractivity contribution >= 4 is 12.1 Å². The summed E-state index contributed by atoms with van der Waals surface area (Å²) in [7, 11) is 0. The summed E-state index contributed by atoms with van der Waals surface area (Å²) in [6.45, 7) is 6.39. The SMILES string of the molecule is CC(C)(C)OC(=O)NC(C)(OCc1ccccc1)C(=O)O. The molecule has 6 heteroatoms. The first-order valence-corrected chi connectivity index (χ1v) is 6.55. The molecule has 1 amide bonds. The number of amides is 1. The maximum Gasteiger partial charge on any atom is 0.410 e. The maximum absolute atomic E-state index is 11.7. The van der Waals surface area contributed by atoms with Crippen LogP contribution in [0.4, 0.5) is 4.79 Å². The summed E-state index contributed by atoms with van der Waals surface area (Å²) in [5.74, 6) is -1.30. The lowest BCUT2D eigenvalue weighted by Crippen LogP contribution is -2.55. The van der Waals surface area contributed by atoms with Crippen molar-refractivity contribution in [3.8, 4) is 0 Å². The number of benzene rings is 1. The van der Waals surface area contributed by atoms with Crippen molar-refractivity contribution in [2.75, 3.05) is 0 Å². The summed E-state index contributed by atoms with van der Waals surface area (Å²) in [4.78, 5) is 23.1. The Morgan fingerprint density at radius 2 is 1.71 bits per heavy atom.